The summed E-state index contributed by atoms with van der Waals surface area (Å²) in [5.41, 5.74) is 3.08. The van der Waals surface area contributed by atoms with Gasteiger partial charge < -0.3 is 10.2 Å². The van der Waals surface area contributed by atoms with Crippen LogP contribution in [-0.2, 0) is 17.8 Å². The van der Waals surface area contributed by atoms with Gasteiger partial charge in [-0.15, -0.1) is 0 Å². The van der Waals surface area contributed by atoms with Crippen molar-refractivity contribution in [1.29, 1.82) is 0 Å². The summed E-state index contributed by atoms with van der Waals surface area (Å²) >= 11 is 0. The highest BCUT2D eigenvalue weighted by molar-refractivity contribution is 5.94. The van der Waals surface area contributed by atoms with E-state index in [1.165, 1.54) is 11.1 Å². The van der Waals surface area contributed by atoms with Crippen LogP contribution < -0.4 is 5.32 Å². The van der Waals surface area contributed by atoms with Crippen molar-refractivity contribution in [2.45, 2.75) is 38.4 Å². The Morgan fingerprint density at radius 1 is 1.00 bits per heavy atom. The van der Waals surface area contributed by atoms with Crippen molar-refractivity contribution in [3.63, 3.8) is 0 Å². The highest BCUT2D eigenvalue weighted by Gasteiger charge is 2.46. The smallest absolute Gasteiger partial charge is 0.235 e. The standard InChI is InChI=1S/C24H29N3O2/c1-19(28)22-9-7-20(8-10-22)11-14-26-15-12-24(13-16-26)25-23(29)18-27(24)17-21-5-3-2-4-6-21/h2-10H,11-18H2,1H3,(H,25,29). The number of carbonyl (C=O) groups excluding carboxylic acids is 2. The Labute approximate surface area is 172 Å². The van der Waals surface area contributed by atoms with Crippen molar-refractivity contribution in [1.82, 2.24) is 15.1 Å². The molecule has 2 saturated heterocycles. The summed E-state index contributed by atoms with van der Waals surface area (Å²) in [6.45, 7) is 5.86. The molecule has 2 fully saturated rings. The van der Waals surface area contributed by atoms with Crippen LogP contribution in [0.4, 0.5) is 0 Å². The molecule has 0 bridgehead atoms. The summed E-state index contributed by atoms with van der Waals surface area (Å²) in [5, 5.41) is 3.28. The van der Waals surface area contributed by atoms with Crippen LogP contribution in [0.5, 0.6) is 0 Å². The van der Waals surface area contributed by atoms with Crippen molar-refractivity contribution < 1.29 is 9.59 Å². The SMILES string of the molecule is CC(=O)c1ccc(CCN2CCC3(CC2)NC(=O)CN3Cc2ccccc2)cc1. The lowest BCUT2D eigenvalue weighted by atomic mass is 9.95. The molecule has 0 atom stereocenters. The number of hydrogen-bond donors (Lipinski definition) is 1. The molecule has 2 aliphatic heterocycles. The summed E-state index contributed by atoms with van der Waals surface area (Å²) in [6, 6.07) is 18.3. The lowest BCUT2D eigenvalue weighted by Crippen LogP contribution is -2.58. The molecular weight excluding hydrogens is 362 g/mol. The molecule has 1 amide bonds. The van der Waals surface area contributed by atoms with E-state index in [4.69, 9.17) is 0 Å². The monoisotopic (exact) mass is 391 g/mol. The summed E-state index contributed by atoms with van der Waals surface area (Å²) in [6.07, 6.45) is 2.88. The number of hydrogen-bond acceptors (Lipinski definition) is 4. The normalized spacial score (nSPS) is 19.4. The molecular formula is C24H29N3O2. The molecule has 0 aromatic heterocycles. The van der Waals surface area contributed by atoms with Crippen LogP contribution in [0.25, 0.3) is 0 Å². The second-order valence-electron chi connectivity index (χ2n) is 8.27. The van der Waals surface area contributed by atoms with E-state index in [1.807, 2.05) is 18.2 Å². The third-order valence-electron chi connectivity index (χ3n) is 6.29. The number of nitrogens with zero attached hydrogens (tertiary/aromatic N) is 2. The minimum Gasteiger partial charge on any atom is -0.337 e. The van der Waals surface area contributed by atoms with Gasteiger partial charge in [0.15, 0.2) is 5.78 Å². The van der Waals surface area contributed by atoms with Crippen molar-refractivity contribution in [3.8, 4) is 0 Å². The summed E-state index contributed by atoms with van der Waals surface area (Å²) < 4.78 is 0. The first-order valence-corrected chi connectivity index (χ1v) is 10.5. The van der Waals surface area contributed by atoms with Crippen LogP contribution in [0.1, 0.15) is 41.3 Å². The summed E-state index contributed by atoms with van der Waals surface area (Å²) in [7, 11) is 0. The topological polar surface area (TPSA) is 52.7 Å². The van der Waals surface area contributed by atoms with Gasteiger partial charge in [-0.25, -0.2) is 0 Å². The molecule has 0 aliphatic carbocycles. The molecule has 2 heterocycles. The average Bonchev–Trinajstić information content (AvgIpc) is 3.03. The van der Waals surface area contributed by atoms with Gasteiger partial charge in [0.2, 0.25) is 5.91 Å². The lowest BCUT2D eigenvalue weighted by molar-refractivity contribution is -0.119. The van der Waals surface area contributed by atoms with E-state index < -0.39 is 0 Å². The van der Waals surface area contributed by atoms with Crippen molar-refractivity contribution >= 4 is 11.7 Å². The zero-order chi connectivity index (χ0) is 20.3. The van der Waals surface area contributed by atoms with Crippen LogP contribution in [0, 0.1) is 0 Å². The molecule has 2 aromatic rings. The van der Waals surface area contributed by atoms with Crippen LogP contribution >= 0.6 is 0 Å². The van der Waals surface area contributed by atoms with Gasteiger partial charge >= 0.3 is 0 Å². The Morgan fingerprint density at radius 3 is 2.34 bits per heavy atom. The number of nitrogens with one attached hydrogen (secondary N) is 1. The fourth-order valence-electron chi connectivity index (χ4n) is 4.49. The quantitative estimate of drug-likeness (QED) is 0.770. The van der Waals surface area contributed by atoms with Gasteiger partial charge in [0, 0.05) is 31.7 Å². The van der Waals surface area contributed by atoms with Crippen LogP contribution in [0.2, 0.25) is 0 Å². The van der Waals surface area contributed by atoms with Gasteiger partial charge in [-0.1, -0.05) is 54.6 Å². The molecule has 4 rings (SSSR count). The number of ketones is 1. The van der Waals surface area contributed by atoms with Gasteiger partial charge in [-0.3, -0.25) is 14.5 Å². The van der Waals surface area contributed by atoms with E-state index in [1.54, 1.807) is 6.92 Å². The van der Waals surface area contributed by atoms with E-state index in [9.17, 15) is 9.59 Å². The van der Waals surface area contributed by atoms with Crippen LogP contribution in [0.15, 0.2) is 54.6 Å². The molecule has 29 heavy (non-hydrogen) atoms. The first-order valence-electron chi connectivity index (χ1n) is 10.5. The van der Waals surface area contributed by atoms with Crippen LogP contribution in [-0.4, -0.2) is 53.3 Å². The molecule has 2 aromatic carbocycles. The minimum absolute atomic E-state index is 0.108. The fourth-order valence-corrected chi connectivity index (χ4v) is 4.49. The molecule has 5 nitrogen and oxygen atoms in total. The Bertz CT molecular complexity index is 855. The number of carbonyl (C=O) groups is 2. The van der Waals surface area contributed by atoms with Gasteiger partial charge in [0.05, 0.1) is 12.2 Å². The van der Waals surface area contributed by atoms with Crippen molar-refractivity contribution in [2.75, 3.05) is 26.2 Å². The molecule has 0 saturated carbocycles. The molecule has 1 spiro atoms. The zero-order valence-electron chi connectivity index (χ0n) is 17.1. The molecule has 152 valence electrons. The Hall–Kier alpha value is -2.50. The van der Waals surface area contributed by atoms with Gasteiger partial charge in [0.25, 0.3) is 0 Å². The molecule has 0 radical (unpaired) electrons. The first kappa shape index (κ1) is 19.8. The number of rotatable bonds is 6. The zero-order valence-corrected chi connectivity index (χ0v) is 17.1. The third-order valence-corrected chi connectivity index (χ3v) is 6.29. The lowest BCUT2D eigenvalue weighted by Gasteiger charge is -2.44. The number of amides is 1. The fraction of sp³-hybridized carbons (Fsp3) is 0.417. The maximum Gasteiger partial charge on any atom is 0.235 e. The van der Waals surface area contributed by atoms with Gasteiger partial charge in [0.1, 0.15) is 0 Å². The molecule has 0 unspecified atom stereocenters. The number of piperidine rings is 1. The number of benzene rings is 2. The first-order chi connectivity index (χ1) is 14.0. The predicted molar refractivity (Wildman–Crippen MR) is 114 cm³/mol. The van der Waals surface area contributed by atoms with E-state index in [-0.39, 0.29) is 17.4 Å². The second kappa shape index (κ2) is 8.47. The maximum absolute atomic E-state index is 12.2. The Balaban J connectivity index is 1.32. The Kier molecular flexibility index (Phi) is 5.79. The van der Waals surface area contributed by atoms with Crippen molar-refractivity contribution in [3.05, 3.63) is 71.3 Å². The van der Waals surface area contributed by atoms with Crippen molar-refractivity contribution in [2.24, 2.45) is 0 Å². The Morgan fingerprint density at radius 2 is 1.69 bits per heavy atom. The van der Waals surface area contributed by atoms with E-state index in [0.29, 0.717) is 6.54 Å². The van der Waals surface area contributed by atoms with E-state index >= 15 is 0 Å². The van der Waals surface area contributed by atoms with Gasteiger partial charge in [-0.2, -0.15) is 0 Å². The number of Topliss-reactive ketones (excluding diaryl/α,β-unsaturated/α-hetero) is 1. The largest absolute Gasteiger partial charge is 0.337 e. The van der Waals surface area contributed by atoms with Crippen LogP contribution in [0.3, 0.4) is 0 Å². The molecule has 1 N–H and O–H groups in total. The highest BCUT2D eigenvalue weighted by atomic mass is 16.2. The molecule has 2 aliphatic rings. The predicted octanol–water partition coefficient (Wildman–Crippen LogP) is 2.86. The van der Waals surface area contributed by atoms with E-state index in [2.05, 4.69) is 51.5 Å². The van der Waals surface area contributed by atoms with Gasteiger partial charge in [-0.05, 0) is 37.3 Å². The second-order valence-corrected chi connectivity index (χ2v) is 8.27. The summed E-state index contributed by atoms with van der Waals surface area (Å²) in [5.74, 6) is 0.247. The van der Waals surface area contributed by atoms with E-state index in [0.717, 1.165) is 51.0 Å². The summed E-state index contributed by atoms with van der Waals surface area (Å²) in [4.78, 5) is 28.4. The molecule has 5 heteroatoms. The number of likely N-dealkylation sites (tertiary alicyclic amines) is 1. The maximum atomic E-state index is 12.2. The third kappa shape index (κ3) is 4.57. The minimum atomic E-state index is -0.202. The highest BCUT2D eigenvalue weighted by Crippen LogP contribution is 2.31. The average molecular weight is 392 g/mol.